The minimum Gasteiger partial charge on any atom is -0.323 e. The number of hydrogen-bond acceptors (Lipinski definition) is 3. The van der Waals surface area contributed by atoms with Crippen molar-refractivity contribution in [2.45, 2.75) is 18.9 Å². The van der Waals surface area contributed by atoms with Crippen molar-refractivity contribution in [3.63, 3.8) is 0 Å². The summed E-state index contributed by atoms with van der Waals surface area (Å²) in [6.07, 6.45) is 1.86. The zero-order valence-electron chi connectivity index (χ0n) is 9.16. The van der Waals surface area contributed by atoms with Gasteiger partial charge in [0.15, 0.2) is 0 Å². The summed E-state index contributed by atoms with van der Waals surface area (Å²) in [6.45, 7) is 0.874. The minimum atomic E-state index is -0.137. The largest absolute Gasteiger partial charge is 0.323 e. The van der Waals surface area contributed by atoms with E-state index in [9.17, 15) is 4.79 Å². The lowest BCUT2D eigenvalue weighted by molar-refractivity contribution is -0.117. The summed E-state index contributed by atoms with van der Waals surface area (Å²) in [5.74, 6) is -0.0749. The van der Waals surface area contributed by atoms with Crippen LogP contribution in [-0.2, 0) is 4.79 Å². The Morgan fingerprint density at radius 1 is 1.59 bits per heavy atom. The third kappa shape index (κ3) is 2.76. The molecule has 0 aliphatic carbocycles. The normalized spacial score (nSPS) is 18.7. The van der Waals surface area contributed by atoms with Gasteiger partial charge in [-0.05, 0) is 37.6 Å². The zero-order valence-corrected chi connectivity index (χ0v) is 9.92. The van der Waals surface area contributed by atoms with E-state index in [4.69, 9.17) is 16.9 Å². The number of halogens is 1. The number of nitrogens with zero attached hydrogens (tertiary/aromatic N) is 1. The van der Waals surface area contributed by atoms with Crippen LogP contribution >= 0.6 is 11.6 Å². The molecule has 1 aromatic carbocycles. The summed E-state index contributed by atoms with van der Waals surface area (Å²) in [5, 5.41) is 15.0. The van der Waals surface area contributed by atoms with Crippen LogP contribution in [0.25, 0.3) is 0 Å². The van der Waals surface area contributed by atoms with E-state index >= 15 is 0 Å². The molecule has 0 radical (unpaired) electrons. The van der Waals surface area contributed by atoms with Crippen molar-refractivity contribution < 1.29 is 4.79 Å². The molecule has 1 fully saturated rings. The highest BCUT2D eigenvalue weighted by Gasteiger charge is 2.22. The fourth-order valence-corrected chi connectivity index (χ4v) is 2.04. The summed E-state index contributed by atoms with van der Waals surface area (Å²) in [5.41, 5.74) is 1.02. The SMILES string of the molecule is N#Cc1ccc(NC(=O)[C@@H]2CCCN2)c(Cl)c1. The van der Waals surface area contributed by atoms with Crippen molar-refractivity contribution in [3.05, 3.63) is 28.8 Å². The Kier molecular flexibility index (Phi) is 3.62. The summed E-state index contributed by atoms with van der Waals surface area (Å²) in [4.78, 5) is 11.8. The molecule has 5 heteroatoms. The fraction of sp³-hybridized carbons (Fsp3) is 0.333. The number of anilines is 1. The zero-order chi connectivity index (χ0) is 12.3. The number of hydrogen-bond donors (Lipinski definition) is 2. The van der Waals surface area contributed by atoms with E-state index in [2.05, 4.69) is 10.6 Å². The molecule has 1 aliphatic rings. The standard InChI is InChI=1S/C12H12ClN3O/c13-9-6-8(7-14)3-4-10(9)16-12(17)11-2-1-5-15-11/h3-4,6,11,15H,1-2,5H2,(H,16,17)/t11-/m0/s1. The van der Waals surface area contributed by atoms with Gasteiger partial charge in [-0.1, -0.05) is 11.6 Å². The topological polar surface area (TPSA) is 64.9 Å². The lowest BCUT2D eigenvalue weighted by Crippen LogP contribution is -2.35. The first kappa shape index (κ1) is 11.9. The maximum Gasteiger partial charge on any atom is 0.241 e. The maximum atomic E-state index is 11.8. The minimum absolute atomic E-state index is 0.0749. The molecule has 88 valence electrons. The lowest BCUT2D eigenvalue weighted by atomic mass is 10.2. The molecular weight excluding hydrogens is 238 g/mol. The summed E-state index contributed by atoms with van der Waals surface area (Å²) in [6, 6.07) is 6.67. The predicted molar refractivity (Wildman–Crippen MR) is 65.8 cm³/mol. The molecule has 0 unspecified atom stereocenters. The van der Waals surface area contributed by atoms with E-state index in [-0.39, 0.29) is 11.9 Å². The van der Waals surface area contributed by atoms with E-state index in [0.717, 1.165) is 19.4 Å². The van der Waals surface area contributed by atoms with E-state index < -0.39 is 0 Å². The lowest BCUT2D eigenvalue weighted by Gasteiger charge is -2.12. The molecule has 0 bridgehead atoms. The van der Waals surface area contributed by atoms with Crippen LogP contribution in [0.1, 0.15) is 18.4 Å². The number of carbonyl (C=O) groups excluding carboxylic acids is 1. The second-order valence-electron chi connectivity index (χ2n) is 3.94. The van der Waals surface area contributed by atoms with Gasteiger partial charge in [-0.3, -0.25) is 4.79 Å². The van der Waals surface area contributed by atoms with E-state index in [1.54, 1.807) is 18.2 Å². The molecule has 1 aliphatic heterocycles. The van der Waals surface area contributed by atoms with Gasteiger partial charge in [-0.2, -0.15) is 5.26 Å². The molecule has 1 aromatic rings. The van der Waals surface area contributed by atoms with E-state index in [1.807, 2.05) is 6.07 Å². The summed E-state index contributed by atoms with van der Waals surface area (Å²) in [7, 11) is 0. The van der Waals surface area contributed by atoms with Gasteiger partial charge >= 0.3 is 0 Å². The van der Waals surface area contributed by atoms with Crippen LogP contribution in [0.4, 0.5) is 5.69 Å². The van der Waals surface area contributed by atoms with Gasteiger partial charge < -0.3 is 10.6 Å². The number of benzene rings is 1. The average Bonchev–Trinajstić information content (AvgIpc) is 2.85. The quantitative estimate of drug-likeness (QED) is 0.841. The number of amides is 1. The molecule has 1 saturated heterocycles. The third-order valence-corrected chi connectivity index (χ3v) is 3.05. The van der Waals surface area contributed by atoms with E-state index in [0.29, 0.717) is 16.3 Å². The molecule has 17 heavy (non-hydrogen) atoms. The summed E-state index contributed by atoms with van der Waals surface area (Å²) < 4.78 is 0. The molecule has 0 saturated carbocycles. The van der Waals surface area contributed by atoms with Crippen molar-refractivity contribution in [1.29, 1.82) is 5.26 Å². The van der Waals surface area contributed by atoms with Crippen LogP contribution in [0, 0.1) is 11.3 Å². The first-order valence-electron chi connectivity index (χ1n) is 5.44. The summed E-state index contributed by atoms with van der Waals surface area (Å²) >= 11 is 5.97. The van der Waals surface area contributed by atoms with Crippen molar-refractivity contribution >= 4 is 23.2 Å². The monoisotopic (exact) mass is 249 g/mol. The Hall–Kier alpha value is -1.57. The fourth-order valence-electron chi connectivity index (χ4n) is 1.81. The Labute approximate surface area is 105 Å². The van der Waals surface area contributed by atoms with Gasteiger partial charge in [0.2, 0.25) is 5.91 Å². The Bertz CT molecular complexity index is 475. The van der Waals surface area contributed by atoms with Crippen LogP contribution < -0.4 is 10.6 Å². The second-order valence-corrected chi connectivity index (χ2v) is 4.35. The second kappa shape index (κ2) is 5.17. The van der Waals surface area contributed by atoms with Crippen LogP contribution in [0.3, 0.4) is 0 Å². The molecule has 4 nitrogen and oxygen atoms in total. The highest BCUT2D eigenvalue weighted by Crippen LogP contribution is 2.23. The number of rotatable bonds is 2. The average molecular weight is 250 g/mol. The number of carbonyl (C=O) groups is 1. The van der Waals surface area contributed by atoms with Crippen LogP contribution in [-0.4, -0.2) is 18.5 Å². The van der Waals surface area contributed by atoms with Crippen molar-refractivity contribution in [2.24, 2.45) is 0 Å². The molecule has 2 N–H and O–H groups in total. The van der Waals surface area contributed by atoms with Gasteiger partial charge in [0.1, 0.15) is 0 Å². The highest BCUT2D eigenvalue weighted by molar-refractivity contribution is 6.33. The maximum absolute atomic E-state index is 11.8. The van der Waals surface area contributed by atoms with Crippen LogP contribution in [0.2, 0.25) is 5.02 Å². The molecule has 1 atom stereocenters. The van der Waals surface area contributed by atoms with Crippen LogP contribution in [0.5, 0.6) is 0 Å². The molecule has 0 aromatic heterocycles. The molecule has 0 spiro atoms. The van der Waals surface area contributed by atoms with Crippen molar-refractivity contribution in [3.8, 4) is 6.07 Å². The predicted octanol–water partition coefficient (Wildman–Crippen LogP) is 1.90. The molecule has 1 heterocycles. The van der Waals surface area contributed by atoms with Crippen molar-refractivity contribution in [1.82, 2.24) is 5.32 Å². The number of nitriles is 1. The Morgan fingerprint density at radius 2 is 2.41 bits per heavy atom. The first-order chi connectivity index (χ1) is 8.20. The van der Waals surface area contributed by atoms with Gasteiger partial charge in [0, 0.05) is 0 Å². The highest BCUT2D eigenvalue weighted by atomic mass is 35.5. The van der Waals surface area contributed by atoms with Gasteiger partial charge in [-0.15, -0.1) is 0 Å². The molecule has 2 rings (SSSR count). The first-order valence-corrected chi connectivity index (χ1v) is 5.82. The van der Waals surface area contributed by atoms with Crippen LogP contribution in [0.15, 0.2) is 18.2 Å². The van der Waals surface area contributed by atoms with Crippen molar-refractivity contribution in [2.75, 3.05) is 11.9 Å². The third-order valence-electron chi connectivity index (χ3n) is 2.73. The van der Waals surface area contributed by atoms with E-state index in [1.165, 1.54) is 0 Å². The van der Waals surface area contributed by atoms with Gasteiger partial charge in [0.05, 0.1) is 28.4 Å². The molecular formula is C12H12ClN3O. The smallest absolute Gasteiger partial charge is 0.241 e. The Balaban J connectivity index is 2.08. The molecule has 1 amide bonds. The number of nitrogens with one attached hydrogen (secondary N) is 2. The Morgan fingerprint density at radius 3 is 3.00 bits per heavy atom. The van der Waals surface area contributed by atoms with Gasteiger partial charge in [-0.25, -0.2) is 0 Å². The van der Waals surface area contributed by atoms with Gasteiger partial charge in [0.25, 0.3) is 0 Å².